The van der Waals surface area contributed by atoms with E-state index in [1.807, 2.05) is 30.3 Å². The van der Waals surface area contributed by atoms with Crippen LogP contribution in [0.4, 0.5) is 0 Å². The molecule has 4 atom stereocenters. The van der Waals surface area contributed by atoms with Crippen molar-refractivity contribution < 1.29 is 33.4 Å². The maximum atomic E-state index is 13.9. The van der Waals surface area contributed by atoms with Gasteiger partial charge in [-0.3, -0.25) is 24.0 Å². The second kappa shape index (κ2) is 16.6. The molecule has 4 aliphatic rings. The van der Waals surface area contributed by atoms with Gasteiger partial charge >= 0.3 is 0 Å². The molecular formula is C36H47N5O7. The highest BCUT2D eigenvalue weighted by Gasteiger charge is 2.39. The number of aryl methyl sites for hydroxylation is 1. The van der Waals surface area contributed by atoms with Crippen molar-refractivity contribution in [2.24, 2.45) is 5.92 Å². The number of methoxy groups -OCH3 is 1. The topological polar surface area (TPSA) is 146 Å². The first-order valence-electron chi connectivity index (χ1n) is 17.0. The zero-order chi connectivity index (χ0) is 34.0. The van der Waals surface area contributed by atoms with Gasteiger partial charge in [-0.05, 0) is 74.6 Å². The number of amides is 5. The highest BCUT2D eigenvalue weighted by Crippen LogP contribution is 2.22. The Morgan fingerprint density at radius 2 is 1.62 bits per heavy atom. The van der Waals surface area contributed by atoms with Crippen LogP contribution in [0.2, 0.25) is 0 Å². The molecule has 2 fully saturated rings. The van der Waals surface area contributed by atoms with Gasteiger partial charge in [0.1, 0.15) is 29.9 Å². The first-order valence-corrected chi connectivity index (χ1v) is 17.0. The van der Waals surface area contributed by atoms with Gasteiger partial charge in [0.25, 0.3) is 5.91 Å². The molecular weight excluding hydrogens is 614 g/mol. The number of nitrogens with zero attached hydrogens (tertiary/aromatic N) is 2. The SMILES string of the molecule is COCC1CCN(C(=O)[C@@H]2Cc3ccc(cc3)OCC(=O)N[C@@H](CCc3ccccc3)C(=O)N3CCC[C@H]3C(=O)N[C@@H](C)C(=O)N2)CC1. The van der Waals surface area contributed by atoms with Crippen molar-refractivity contribution in [3.8, 4) is 5.75 Å². The van der Waals surface area contributed by atoms with Crippen molar-refractivity contribution in [2.45, 2.75) is 76.0 Å². The van der Waals surface area contributed by atoms with Crippen LogP contribution in [0.15, 0.2) is 54.6 Å². The molecule has 12 nitrogen and oxygen atoms in total. The van der Waals surface area contributed by atoms with E-state index in [1.54, 1.807) is 43.2 Å². The number of hydrogen-bond acceptors (Lipinski definition) is 7. The summed E-state index contributed by atoms with van der Waals surface area (Å²) in [5.41, 5.74) is 1.82. The molecule has 0 spiro atoms. The Hall–Kier alpha value is -4.45. The zero-order valence-electron chi connectivity index (χ0n) is 27.8. The van der Waals surface area contributed by atoms with Gasteiger partial charge < -0.3 is 35.2 Å². The summed E-state index contributed by atoms with van der Waals surface area (Å²) < 4.78 is 11.1. The largest absolute Gasteiger partial charge is 0.484 e. The summed E-state index contributed by atoms with van der Waals surface area (Å²) in [7, 11) is 1.67. The van der Waals surface area contributed by atoms with Gasteiger partial charge in [-0.25, -0.2) is 0 Å². The van der Waals surface area contributed by atoms with Crippen molar-refractivity contribution in [3.05, 3.63) is 65.7 Å². The van der Waals surface area contributed by atoms with E-state index in [1.165, 1.54) is 4.90 Å². The number of ether oxygens (including phenoxy) is 2. The molecule has 2 bridgehead atoms. The summed E-state index contributed by atoms with van der Waals surface area (Å²) in [6, 6.07) is 13.2. The molecule has 2 saturated heterocycles. The summed E-state index contributed by atoms with van der Waals surface area (Å²) in [6.07, 6.45) is 3.80. The van der Waals surface area contributed by atoms with Gasteiger partial charge in [0.05, 0.1) is 0 Å². The van der Waals surface area contributed by atoms with E-state index in [4.69, 9.17) is 9.47 Å². The van der Waals surface area contributed by atoms with Crippen molar-refractivity contribution in [1.82, 2.24) is 25.8 Å². The van der Waals surface area contributed by atoms with Crippen LogP contribution < -0.4 is 20.7 Å². The lowest BCUT2D eigenvalue weighted by atomic mass is 9.96. The molecule has 2 aromatic rings. The summed E-state index contributed by atoms with van der Waals surface area (Å²) in [5.74, 6) is -1.09. The molecule has 12 heteroatoms. The van der Waals surface area contributed by atoms with Gasteiger partial charge in [-0.2, -0.15) is 0 Å². The normalized spacial score (nSPS) is 24.8. The molecule has 0 radical (unpaired) electrons. The predicted octanol–water partition coefficient (Wildman–Crippen LogP) is 1.60. The van der Waals surface area contributed by atoms with Crippen LogP contribution in [0.1, 0.15) is 50.2 Å². The van der Waals surface area contributed by atoms with Crippen LogP contribution >= 0.6 is 0 Å². The Bertz CT molecular complexity index is 1430. The average molecular weight is 662 g/mol. The van der Waals surface area contributed by atoms with Crippen molar-refractivity contribution in [3.63, 3.8) is 0 Å². The van der Waals surface area contributed by atoms with Crippen LogP contribution in [0.3, 0.4) is 0 Å². The van der Waals surface area contributed by atoms with Crippen LogP contribution in [-0.4, -0.2) is 103 Å². The lowest BCUT2D eigenvalue weighted by Gasteiger charge is -2.34. The maximum absolute atomic E-state index is 13.9. The standard InChI is InChI=1S/C36H47N5O7/c1-24-33(43)39-30(35(45)40-19-16-27(17-20-40)22-47-2)21-26-10-13-28(14-11-26)48-23-32(42)38-29(15-12-25-7-4-3-5-8-25)36(46)41-18-6-9-31(41)34(44)37-24/h3-5,7-8,10-11,13-14,24,27,29-31H,6,9,12,15-23H2,1-2H3,(H,37,44)(H,38,42)(H,39,43)/t24-,29-,30-,31-/m0/s1. The fourth-order valence-corrected chi connectivity index (χ4v) is 6.71. The minimum Gasteiger partial charge on any atom is -0.484 e. The fraction of sp³-hybridized carbons (Fsp3) is 0.528. The van der Waals surface area contributed by atoms with E-state index < -0.39 is 41.9 Å². The van der Waals surface area contributed by atoms with Crippen LogP contribution in [0.25, 0.3) is 0 Å². The summed E-state index contributed by atoms with van der Waals surface area (Å²) in [6.45, 7) is 3.41. The van der Waals surface area contributed by atoms with E-state index in [-0.39, 0.29) is 24.8 Å². The third kappa shape index (κ3) is 9.12. The fourth-order valence-electron chi connectivity index (χ4n) is 6.71. The van der Waals surface area contributed by atoms with E-state index in [9.17, 15) is 24.0 Å². The lowest BCUT2D eigenvalue weighted by Crippen LogP contribution is -2.58. The minimum atomic E-state index is -0.954. The van der Waals surface area contributed by atoms with Gasteiger partial charge in [-0.1, -0.05) is 42.5 Å². The van der Waals surface area contributed by atoms with Gasteiger partial charge in [0.15, 0.2) is 6.61 Å². The highest BCUT2D eigenvalue weighted by molar-refractivity contribution is 5.96. The Labute approximate surface area is 281 Å². The number of rotatable bonds is 6. The average Bonchev–Trinajstić information content (AvgIpc) is 3.60. The number of carbonyl (C=O) groups excluding carboxylic acids is 5. The molecule has 4 heterocycles. The first-order chi connectivity index (χ1) is 23.2. The van der Waals surface area contributed by atoms with Crippen molar-refractivity contribution >= 4 is 29.5 Å². The third-order valence-electron chi connectivity index (χ3n) is 9.46. The first kappa shape index (κ1) is 34.9. The van der Waals surface area contributed by atoms with E-state index in [0.29, 0.717) is 63.6 Å². The van der Waals surface area contributed by atoms with Crippen LogP contribution in [0, 0.1) is 5.92 Å². The molecule has 48 heavy (non-hydrogen) atoms. The number of piperidine rings is 1. The number of hydrogen-bond donors (Lipinski definition) is 3. The Morgan fingerprint density at radius 1 is 0.896 bits per heavy atom. The van der Waals surface area contributed by atoms with Crippen LogP contribution in [0.5, 0.6) is 5.75 Å². The van der Waals surface area contributed by atoms with Crippen molar-refractivity contribution in [2.75, 3.05) is 40.0 Å². The smallest absolute Gasteiger partial charge is 0.258 e. The molecule has 0 saturated carbocycles. The molecule has 0 aliphatic carbocycles. The monoisotopic (exact) mass is 661 g/mol. The lowest BCUT2D eigenvalue weighted by molar-refractivity contribution is -0.142. The number of carbonyl (C=O) groups is 5. The molecule has 5 amide bonds. The quantitative estimate of drug-likeness (QED) is 0.427. The van der Waals surface area contributed by atoms with E-state index in [0.717, 1.165) is 24.0 Å². The molecule has 4 aliphatic heterocycles. The van der Waals surface area contributed by atoms with E-state index >= 15 is 0 Å². The van der Waals surface area contributed by atoms with Crippen molar-refractivity contribution in [1.29, 1.82) is 0 Å². The highest BCUT2D eigenvalue weighted by atomic mass is 16.5. The second-order valence-electron chi connectivity index (χ2n) is 13.0. The Balaban J connectivity index is 1.35. The Morgan fingerprint density at radius 3 is 2.33 bits per heavy atom. The van der Waals surface area contributed by atoms with Gasteiger partial charge in [0, 0.05) is 39.8 Å². The summed E-state index contributed by atoms with van der Waals surface area (Å²) >= 11 is 0. The number of likely N-dealkylation sites (tertiary alicyclic amines) is 1. The zero-order valence-corrected chi connectivity index (χ0v) is 27.8. The van der Waals surface area contributed by atoms with Crippen LogP contribution in [-0.2, 0) is 41.6 Å². The maximum Gasteiger partial charge on any atom is 0.258 e. The van der Waals surface area contributed by atoms with Gasteiger partial charge in [0.2, 0.25) is 23.6 Å². The molecule has 0 aromatic heterocycles. The number of fused-ring (bicyclic) bond motifs is 13. The number of nitrogens with one attached hydrogen (secondary N) is 3. The molecule has 2 aromatic carbocycles. The molecule has 3 N–H and O–H groups in total. The van der Waals surface area contributed by atoms with Gasteiger partial charge in [-0.15, -0.1) is 0 Å². The molecule has 6 rings (SSSR count). The summed E-state index contributed by atoms with van der Waals surface area (Å²) in [5, 5.41) is 8.52. The molecule has 0 unspecified atom stereocenters. The number of benzene rings is 2. The predicted molar refractivity (Wildman–Crippen MR) is 178 cm³/mol. The third-order valence-corrected chi connectivity index (χ3v) is 9.46. The van der Waals surface area contributed by atoms with E-state index in [2.05, 4.69) is 16.0 Å². The Kier molecular flexibility index (Phi) is 12.1. The summed E-state index contributed by atoms with van der Waals surface area (Å²) in [4.78, 5) is 71.1. The minimum absolute atomic E-state index is 0.185. The second-order valence-corrected chi connectivity index (χ2v) is 13.0. The molecule has 258 valence electrons.